The summed E-state index contributed by atoms with van der Waals surface area (Å²) < 4.78 is 15.1. The van der Waals surface area contributed by atoms with Gasteiger partial charge in [-0.3, -0.25) is 0 Å². The fourth-order valence-corrected chi connectivity index (χ4v) is 0.932. The minimum absolute atomic E-state index is 0.239. The SMILES string of the molecule is Fc1cccc(NNI)c1. The summed E-state index contributed by atoms with van der Waals surface area (Å²) in [5.41, 5.74) is 3.46. The highest BCUT2D eigenvalue weighted by Gasteiger charge is 1.90. The Bertz CT molecular complexity index is 217. The minimum atomic E-state index is -0.239. The fraction of sp³-hybridized carbons (Fsp3) is 0. The van der Waals surface area contributed by atoms with E-state index < -0.39 is 0 Å². The van der Waals surface area contributed by atoms with Crippen LogP contribution in [-0.4, -0.2) is 0 Å². The van der Waals surface area contributed by atoms with E-state index >= 15 is 0 Å². The zero-order chi connectivity index (χ0) is 7.40. The van der Waals surface area contributed by atoms with Crippen LogP contribution in [0.25, 0.3) is 0 Å². The number of halogens is 2. The Hall–Kier alpha value is -0.360. The maximum absolute atomic E-state index is 12.4. The van der Waals surface area contributed by atoms with Crippen LogP contribution in [0.3, 0.4) is 0 Å². The Morgan fingerprint density at radius 3 is 2.80 bits per heavy atom. The molecule has 0 aliphatic rings. The quantitative estimate of drug-likeness (QED) is 0.478. The van der Waals surface area contributed by atoms with Crippen LogP contribution in [0.2, 0.25) is 0 Å². The number of anilines is 1. The molecule has 2 nitrogen and oxygen atoms in total. The number of hydrazine groups is 1. The summed E-state index contributed by atoms with van der Waals surface area (Å²) in [5, 5.41) is 0. The van der Waals surface area contributed by atoms with Crippen molar-refractivity contribution in [1.29, 1.82) is 0 Å². The third-order valence-corrected chi connectivity index (χ3v) is 1.29. The van der Waals surface area contributed by atoms with Crippen molar-refractivity contribution >= 4 is 28.6 Å². The van der Waals surface area contributed by atoms with Gasteiger partial charge in [-0.1, -0.05) is 6.07 Å². The number of benzene rings is 1. The molecule has 0 saturated carbocycles. The lowest BCUT2D eigenvalue weighted by atomic mass is 10.3. The van der Waals surface area contributed by atoms with Crippen LogP contribution in [0.15, 0.2) is 24.3 Å². The molecular weight excluding hydrogens is 246 g/mol. The Labute approximate surface area is 72.3 Å². The van der Waals surface area contributed by atoms with E-state index in [0.717, 1.165) is 5.69 Å². The Morgan fingerprint density at radius 1 is 1.40 bits per heavy atom. The van der Waals surface area contributed by atoms with Crippen molar-refractivity contribution in [3.8, 4) is 0 Å². The average Bonchev–Trinajstić information content (AvgIpc) is 1.88. The molecule has 0 aromatic heterocycles. The zero-order valence-corrected chi connectivity index (χ0v) is 7.22. The summed E-state index contributed by atoms with van der Waals surface area (Å²) in [6.07, 6.45) is 0. The summed E-state index contributed by atoms with van der Waals surface area (Å²) in [6.45, 7) is 0. The number of hydrogen-bond donors (Lipinski definition) is 2. The Kier molecular flexibility index (Phi) is 2.88. The molecule has 1 aromatic carbocycles. The Balaban J connectivity index is 2.75. The molecule has 0 atom stereocenters. The molecule has 0 saturated heterocycles. The van der Waals surface area contributed by atoms with Crippen LogP contribution >= 0.6 is 22.9 Å². The normalized spacial score (nSPS) is 9.40. The first-order chi connectivity index (χ1) is 4.83. The van der Waals surface area contributed by atoms with Crippen LogP contribution < -0.4 is 9.06 Å². The highest BCUT2D eigenvalue weighted by molar-refractivity contribution is 14.1. The van der Waals surface area contributed by atoms with E-state index in [2.05, 4.69) is 9.06 Å². The highest BCUT2D eigenvalue weighted by atomic mass is 127. The van der Waals surface area contributed by atoms with E-state index in [-0.39, 0.29) is 5.82 Å². The van der Waals surface area contributed by atoms with Crippen LogP contribution in [0.1, 0.15) is 0 Å². The molecular formula is C6H6FIN2. The maximum atomic E-state index is 12.4. The number of nitrogens with one attached hydrogen (secondary N) is 2. The fourth-order valence-electron chi connectivity index (χ4n) is 0.621. The van der Waals surface area contributed by atoms with Gasteiger partial charge in [0.15, 0.2) is 0 Å². The van der Waals surface area contributed by atoms with Gasteiger partial charge in [0.2, 0.25) is 0 Å². The van der Waals surface area contributed by atoms with Crippen molar-refractivity contribution in [2.24, 2.45) is 0 Å². The molecule has 0 unspecified atom stereocenters. The van der Waals surface area contributed by atoms with Crippen LogP contribution in [0, 0.1) is 5.82 Å². The van der Waals surface area contributed by atoms with Crippen molar-refractivity contribution < 1.29 is 4.39 Å². The van der Waals surface area contributed by atoms with Crippen molar-refractivity contribution in [3.05, 3.63) is 30.1 Å². The molecule has 54 valence electrons. The lowest BCUT2D eigenvalue weighted by molar-refractivity contribution is 0.628. The largest absolute Gasteiger partial charge is 0.312 e. The van der Waals surface area contributed by atoms with Gasteiger partial charge in [0.05, 0.1) is 5.69 Å². The van der Waals surface area contributed by atoms with E-state index in [4.69, 9.17) is 0 Å². The summed E-state index contributed by atoms with van der Waals surface area (Å²) in [7, 11) is 0. The van der Waals surface area contributed by atoms with Gasteiger partial charge in [0.25, 0.3) is 0 Å². The first-order valence-electron chi connectivity index (χ1n) is 2.70. The minimum Gasteiger partial charge on any atom is -0.312 e. The molecule has 0 amide bonds. The number of rotatable bonds is 2. The molecule has 0 aliphatic carbocycles. The van der Waals surface area contributed by atoms with Crippen molar-refractivity contribution in [3.63, 3.8) is 0 Å². The van der Waals surface area contributed by atoms with Crippen LogP contribution in [0.4, 0.5) is 10.1 Å². The van der Waals surface area contributed by atoms with Gasteiger partial charge in [0.1, 0.15) is 5.82 Å². The average molecular weight is 252 g/mol. The van der Waals surface area contributed by atoms with Gasteiger partial charge in [-0.05, 0) is 18.2 Å². The second-order valence-electron chi connectivity index (χ2n) is 1.73. The summed E-state index contributed by atoms with van der Waals surface area (Å²) in [4.78, 5) is 0. The van der Waals surface area contributed by atoms with Gasteiger partial charge in [-0.25, -0.2) is 4.39 Å². The first-order valence-corrected chi connectivity index (χ1v) is 3.78. The monoisotopic (exact) mass is 252 g/mol. The lowest BCUT2D eigenvalue weighted by Gasteiger charge is -2.00. The van der Waals surface area contributed by atoms with Gasteiger partial charge in [-0.2, -0.15) is 3.64 Å². The van der Waals surface area contributed by atoms with Gasteiger partial charge in [-0.15, -0.1) is 0 Å². The second-order valence-corrected chi connectivity index (χ2v) is 2.27. The molecule has 0 heterocycles. The van der Waals surface area contributed by atoms with E-state index in [1.807, 2.05) is 22.9 Å². The molecule has 0 spiro atoms. The lowest BCUT2D eigenvalue weighted by Crippen LogP contribution is -2.07. The third-order valence-electron chi connectivity index (χ3n) is 1.02. The molecule has 0 aliphatic heterocycles. The van der Waals surface area contributed by atoms with Crippen molar-refractivity contribution in [2.45, 2.75) is 0 Å². The van der Waals surface area contributed by atoms with Gasteiger partial charge in [0, 0.05) is 22.9 Å². The first kappa shape index (κ1) is 7.74. The summed E-state index contributed by atoms with van der Waals surface area (Å²) in [5.74, 6) is -0.239. The second kappa shape index (κ2) is 3.72. The molecule has 10 heavy (non-hydrogen) atoms. The molecule has 1 aromatic rings. The van der Waals surface area contributed by atoms with Gasteiger partial charge < -0.3 is 5.43 Å². The van der Waals surface area contributed by atoms with E-state index in [1.165, 1.54) is 12.1 Å². The zero-order valence-electron chi connectivity index (χ0n) is 5.07. The smallest absolute Gasteiger partial charge is 0.125 e. The molecule has 2 N–H and O–H groups in total. The predicted molar refractivity (Wildman–Crippen MR) is 47.2 cm³/mol. The third kappa shape index (κ3) is 2.11. The Morgan fingerprint density at radius 2 is 2.20 bits per heavy atom. The standard InChI is InChI=1S/C6H6FIN2/c7-5-2-1-3-6(4-5)9-10-8/h1-4,9-10H. The topological polar surface area (TPSA) is 24.1 Å². The van der Waals surface area contributed by atoms with Crippen LogP contribution in [0.5, 0.6) is 0 Å². The maximum Gasteiger partial charge on any atom is 0.125 e. The summed E-state index contributed by atoms with van der Waals surface area (Å²) >= 11 is 1.92. The van der Waals surface area contributed by atoms with Crippen LogP contribution in [-0.2, 0) is 0 Å². The highest BCUT2D eigenvalue weighted by Crippen LogP contribution is 2.07. The predicted octanol–water partition coefficient (Wildman–Crippen LogP) is 2.09. The summed E-state index contributed by atoms with van der Waals surface area (Å²) in [6, 6.07) is 6.23. The van der Waals surface area contributed by atoms with Crippen molar-refractivity contribution in [1.82, 2.24) is 3.64 Å². The molecule has 4 heteroatoms. The van der Waals surface area contributed by atoms with E-state index in [1.54, 1.807) is 12.1 Å². The molecule has 1 rings (SSSR count). The van der Waals surface area contributed by atoms with E-state index in [0.29, 0.717) is 0 Å². The van der Waals surface area contributed by atoms with Crippen molar-refractivity contribution in [2.75, 3.05) is 5.43 Å². The molecule has 0 bridgehead atoms. The van der Waals surface area contributed by atoms with Gasteiger partial charge >= 0.3 is 0 Å². The molecule has 0 radical (unpaired) electrons. The number of hydrogen-bond acceptors (Lipinski definition) is 2. The molecule has 0 fully saturated rings. The van der Waals surface area contributed by atoms with E-state index in [9.17, 15) is 4.39 Å².